The van der Waals surface area contributed by atoms with Crippen molar-refractivity contribution in [1.82, 2.24) is 4.98 Å². The highest BCUT2D eigenvalue weighted by Crippen LogP contribution is 2.36. The van der Waals surface area contributed by atoms with Gasteiger partial charge in [-0.3, -0.25) is 4.98 Å². The van der Waals surface area contributed by atoms with Gasteiger partial charge in [-0.05, 0) is 57.4 Å². The summed E-state index contributed by atoms with van der Waals surface area (Å²) in [4.78, 5) is 4.03. The average molecular weight is 297 g/mol. The van der Waals surface area contributed by atoms with E-state index in [4.69, 9.17) is 14.0 Å². The first-order chi connectivity index (χ1) is 10.4. The van der Waals surface area contributed by atoms with Gasteiger partial charge in [0.25, 0.3) is 0 Å². The molecule has 0 bridgehead atoms. The lowest BCUT2D eigenvalue weighted by Crippen LogP contribution is -2.41. The minimum Gasteiger partial charge on any atom is -0.456 e. The maximum absolute atomic E-state index is 6.04. The molecule has 1 aliphatic rings. The highest BCUT2D eigenvalue weighted by Gasteiger charge is 2.51. The van der Waals surface area contributed by atoms with E-state index < -0.39 is 0 Å². The summed E-state index contributed by atoms with van der Waals surface area (Å²) in [7, 11) is -0.350. The lowest BCUT2D eigenvalue weighted by molar-refractivity contribution is 0.00578. The Labute approximate surface area is 131 Å². The van der Waals surface area contributed by atoms with Gasteiger partial charge in [0.1, 0.15) is 11.5 Å². The van der Waals surface area contributed by atoms with E-state index in [1.165, 1.54) is 0 Å². The second-order valence-electron chi connectivity index (χ2n) is 6.45. The Morgan fingerprint density at radius 1 is 0.909 bits per heavy atom. The molecule has 0 N–H and O–H groups in total. The summed E-state index contributed by atoms with van der Waals surface area (Å²) >= 11 is 0. The van der Waals surface area contributed by atoms with Crippen molar-refractivity contribution in [3.05, 3.63) is 48.8 Å². The van der Waals surface area contributed by atoms with E-state index in [9.17, 15) is 0 Å². The molecule has 4 nitrogen and oxygen atoms in total. The lowest BCUT2D eigenvalue weighted by atomic mass is 9.79. The molecular weight excluding hydrogens is 277 g/mol. The SMILES string of the molecule is CC1(C)OB(c2ccc(Oc3cccnc3)cc2)OC1(C)C. The van der Waals surface area contributed by atoms with Gasteiger partial charge in [-0.1, -0.05) is 12.1 Å². The van der Waals surface area contributed by atoms with Crippen LogP contribution in [0.15, 0.2) is 48.8 Å². The molecule has 5 heteroatoms. The molecule has 2 aromatic rings. The average Bonchev–Trinajstić information content (AvgIpc) is 2.69. The van der Waals surface area contributed by atoms with Crippen molar-refractivity contribution >= 4 is 12.6 Å². The Morgan fingerprint density at radius 3 is 2.09 bits per heavy atom. The molecule has 1 aromatic heterocycles. The summed E-state index contributed by atoms with van der Waals surface area (Å²) in [6.07, 6.45) is 3.40. The van der Waals surface area contributed by atoms with E-state index in [-0.39, 0.29) is 18.3 Å². The molecule has 0 amide bonds. The third-order valence-corrected chi connectivity index (χ3v) is 4.28. The molecule has 1 fully saturated rings. The zero-order chi connectivity index (χ0) is 15.8. The Hall–Kier alpha value is -1.85. The van der Waals surface area contributed by atoms with Crippen molar-refractivity contribution < 1.29 is 14.0 Å². The van der Waals surface area contributed by atoms with Crippen LogP contribution in [0.3, 0.4) is 0 Å². The van der Waals surface area contributed by atoms with Crippen LogP contribution >= 0.6 is 0 Å². The number of ether oxygens (including phenoxy) is 1. The number of benzene rings is 1. The van der Waals surface area contributed by atoms with E-state index in [1.807, 2.05) is 64.1 Å². The summed E-state index contributed by atoms with van der Waals surface area (Å²) in [5.74, 6) is 1.47. The standard InChI is InChI=1S/C17H20BNO3/c1-16(2)17(3,4)22-18(21-16)13-7-9-14(10-8-13)20-15-6-5-11-19-12-15/h5-12H,1-4H3. The second-order valence-corrected chi connectivity index (χ2v) is 6.45. The molecule has 1 aromatic carbocycles. The summed E-state index contributed by atoms with van der Waals surface area (Å²) in [5, 5.41) is 0. The number of hydrogen-bond donors (Lipinski definition) is 0. The molecular formula is C17H20BNO3. The highest BCUT2D eigenvalue weighted by atomic mass is 16.7. The summed E-state index contributed by atoms with van der Waals surface area (Å²) < 4.78 is 17.8. The molecule has 1 saturated heterocycles. The summed E-state index contributed by atoms with van der Waals surface area (Å²) in [6, 6.07) is 11.5. The third kappa shape index (κ3) is 2.87. The smallest absolute Gasteiger partial charge is 0.456 e. The minimum absolute atomic E-state index is 0.331. The van der Waals surface area contributed by atoms with Crippen LogP contribution in [-0.2, 0) is 9.31 Å². The van der Waals surface area contributed by atoms with Crippen molar-refractivity contribution in [2.24, 2.45) is 0 Å². The van der Waals surface area contributed by atoms with Gasteiger partial charge >= 0.3 is 7.12 Å². The zero-order valence-electron chi connectivity index (χ0n) is 13.4. The molecule has 0 atom stereocenters. The van der Waals surface area contributed by atoms with Crippen LogP contribution in [0.25, 0.3) is 0 Å². The van der Waals surface area contributed by atoms with Crippen molar-refractivity contribution in [2.45, 2.75) is 38.9 Å². The van der Waals surface area contributed by atoms with Gasteiger partial charge < -0.3 is 14.0 Å². The fourth-order valence-electron chi connectivity index (χ4n) is 2.22. The highest BCUT2D eigenvalue weighted by molar-refractivity contribution is 6.62. The molecule has 2 heterocycles. The van der Waals surface area contributed by atoms with Gasteiger partial charge in [0.05, 0.1) is 17.4 Å². The number of pyridine rings is 1. The van der Waals surface area contributed by atoms with Gasteiger partial charge in [0.15, 0.2) is 0 Å². The molecule has 0 saturated carbocycles. The predicted octanol–water partition coefficient (Wildman–Crippen LogP) is 3.17. The summed E-state index contributed by atoms with van der Waals surface area (Å²) in [6.45, 7) is 8.19. The summed E-state index contributed by atoms with van der Waals surface area (Å²) in [5.41, 5.74) is 0.322. The Bertz CT molecular complexity index is 625. The fourth-order valence-corrected chi connectivity index (χ4v) is 2.22. The second kappa shape index (κ2) is 5.41. The van der Waals surface area contributed by atoms with Crippen molar-refractivity contribution in [3.8, 4) is 11.5 Å². The van der Waals surface area contributed by atoms with Gasteiger partial charge in [-0.2, -0.15) is 0 Å². The Kier molecular flexibility index (Phi) is 3.71. The number of aromatic nitrogens is 1. The normalized spacial score (nSPS) is 19.2. The number of rotatable bonds is 3. The van der Waals surface area contributed by atoms with Crippen molar-refractivity contribution in [3.63, 3.8) is 0 Å². The molecule has 0 unspecified atom stereocenters. The molecule has 1 aliphatic heterocycles. The van der Waals surface area contributed by atoms with Gasteiger partial charge in [-0.15, -0.1) is 0 Å². The molecule has 114 valence electrons. The predicted molar refractivity (Wildman–Crippen MR) is 86.5 cm³/mol. The van der Waals surface area contributed by atoms with Crippen LogP contribution in [-0.4, -0.2) is 23.3 Å². The first-order valence-corrected chi connectivity index (χ1v) is 7.41. The van der Waals surface area contributed by atoms with Crippen LogP contribution in [0, 0.1) is 0 Å². The Morgan fingerprint density at radius 2 is 1.55 bits per heavy atom. The zero-order valence-corrected chi connectivity index (χ0v) is 13.4. The van der Waals surface area contributed by atoms with Gasteiger partial charge in [0, 0.05) is 6.20 Å². The molecule has 0 spiro atoms. The van der Waals surface area contributed by atoms with E-state index in [0.29, 0.717) is 5.75 Å². The molecule has 3 rings (SSSR count). The first-order valence-electron chi connectivity index (χ1n) is 7.41. The van der Waals surface area contributed by atoms with Gasteiger partial charge in [-0.25, -0.2) is 0 Å². The van der Waals surface area contributed by atoms with E-state index in [1.54, 1.807) is 12.4 Å². The van der Waals surface area contributed by atoms with Gasteiger partial charge in [0.2, 0.25) is 0 Å². The quantitative estimate of drug-likeness (QED) is 0.816. The largest absolute Gasteiger partial charge is 0.494 e. The number of nitrogens with zero attached hydrogens (tertiary/aromatic N) is 1. The van der Waals surface area contributed by atoms with Crippen LogP contribution in [0.1, 0.15) is 27.7 Å². The van der Waals surface area contributed by atoms with Crippen LogP contribution in [0.4, 0.5) is 0 Å². The minimum atomic E-state index is -0.350. The number of hydrogen-bond acceptors (Lipinski definition) is 4. The Balaban J connectivity index is 1.73. The van der Waals surface area contributed by atoms with E-state index >= 15 is 0 Å². The maximum Gasteiger partial charge on any atom is 0.494 e. The maximum atomic E-state index is 6.04. The molecule has 22 heavy (non-hydrogen) atoms. The van der Waals surface area contributed by atoms with Crippen molar-refractivity contribution in [2.75, 3.05) is 0 Å². The third-order valence-electron chi connectivity index (χ3n) is 4.28. The fraction of sp³-hybridized carbons (Fsp3) is 0.353. The van der Waals surface area contributed by atoms with Crippen LogP contribution in [0.2, 0.25) is 0 Å². The van der Waals surface area contributed by atoms with E-state index in [0.717, 1.165) is 11.2 Å². The lowest BCUT2D eigenvalue weighted by Gasteiger charge is -2.32. The van der Waals surface area contributed by atoms with E-state index in [2.05, 4.69) is 4.98 Å². The van der Waals surface area contributed by atoms with Crippen molar-refractivity contribution in [1.29, 1.82) is 0 Å². The van der Waals surface area contributed by atoms with Crippen LogP contribution < -0.4 is 10.2 Å². The van der Waals surface area contributed by atoms with Crippen LogP contribution in [0.5, 0.6) is 11.5 Å². The first kappa shape index (κ1) is 15.1. The monoisotopic (exact) mass is 297 g/mol. The topological polar surface area (TPSA) is 40.6 Å². The molecule has 0 aliphatic carbocycles. The molecule has 0 radical (unpaired) electrons.